The van der Waals surface area contributed by atoms with Gasteiger partial charge in [0, 0.05) is 12.6 Å². The van der Waals surface area contributed by atoms with E-state index < -0.39 is 0 Å². The molecule has 0 amide bonds. The minimum absolute atomic E-state index is 0.494. The van der Waals surface area contributed by atoms with Crippen LogP contribution in [-0.2, 0) is 0 Å². The Hall–Kier alpha value is -0.0400. The fraction of sp³-hybridized carbons (Fsp3) is 1.00. The Morgan fingerprint density at radius 1 is 1.06 bits per heavy atom. The molecule has 0 saturated carbocycles. The third-order valence-corrected chi connectivity index (χ3v) is 3.41. The molecule has 2 atom stereocenters. The summed E-state index contributed by atoms with van der Waals surface area (Å²) in [4.78, 5) is 0. The first-order valence-corrected chi connectivity index (χ1v) is 7.17. The average Bonchev–Trinajstić information content (AvgIpc) is 2.15. The first-order valence-electron chi connectivity index (χ1n) is 7.17. The zero-order valence-electron chi connectivity index (χ0n) is 12.4. The van der Waals surface area contributed by atoms with E-state index >= 15 is 0 Å². The van der Waals surface area contributed by atoms with Crippen molar-refractivity contribution in [2.45, 2.75) is 79.7 Å². The Morgan fingerprint density at radius 3 is 2.12 bits per heavy atom. The number of hydrogen-bond donors (Lipinski definition) is 1. The van der Waals surface area contributed by atoms with Gasteiger partial charge in [0.2, 0.25) is 0 Å². The van der Waals surface area contributed by atoms with Gasteiger partial charge in [-0.3, -0.25) is 0 Å². The second kappa shape index (κ2) is 8.11. The third kappa shape index (κ3) is 7.27. The second-order valence-electron chi connectivity index (χ2n) is 6.19. The Morgan fingerprint density at radius 2 is 1.69 bits per heavy atom. The monoisotopic (exact) mass is 227 g/mol. The molecule has 0 aromatic heterocycles. The van der Waals surface area contributed by atoms with E-state index in [1.807, 2.05) is 0 Å². The largest absolute Gasteiger partial charge is 0.314 e. The van der Waals surface area contributed by atoms with Crippen molar-refractivity contribution in [1.82, 2.24) is 5.32 Å². The third-order valence-electron chi connectivity index (χ3n) is 3.41. The summed E-state index contributed by atoms with van der Waals surface area (Å²) in [6, 6.07) is 0.609. The van der Waals surface area contributed by atoms with Crippen LogP contribution in [0.5, 0.6) is 0 Å². The van der Waals surface area contributed by atoms with Gasteiger partial charge in [0.05, 0.1) is 0 Å². The van der Waals surface area contributed by atoms with Crippen LogP contribution in [0.4, 0.5) is 0 Å². The summed E-state index contributed by atoms with van der Waals surface area (Å²) in [5.41, 5.74) is 0.494. The van der Waals surface area contributed by atoms with Crippen molar-refractivity contribution in [2.75, 3.05) is 6.54 Å². The summed E-state index contributed by atoms with van der Waals surface area (Å²) in [6.07, 6.45) is 6.71. The molecule has 0 radical (unpaired) electrons. The van der Waals surface area contributed by atoms with E-state index in [0.717, 1.165) is 5.92 Å². The van der Waals surface area contributed by atoms with Crippen LogP contribution in [0, 0.1) is 11.3 Å². The van der Waals surface area contributed by atoms with Crippen molar-refractivity contribution in [3.05, 3.63) is 0 Å². The van der Waals surface area contributed by atoms with Crippen molar-refractivity contribution < 1.29 is 0 Å². The standard InChI is InChI=1S/C15H33N/c1-7-9-14(5)11-15(6,10-8-2)12-16-13(3)4/h13-14,16H,7-12H2,1-6H3. The summed E-state index contributed by atoms with van der Waals surface area (Å²) in [5, 5.41) is 3.62. The molecule has 0 aliphatic carbocycles. The van der Waals surface area contributed by atoms with E-state index in [4.69, 9.17) is 0 Å². The van der Waals surface area contributed by atoms with Crippen LogP contribution < -0.4 is 5.32 Å². The lowest BCUT2D eigenvalue weighted by atomic mass is 9.76. The Balaban J connectivity index is 4.19. The maximum atomic E-state index is 3.62. The van der Waals surface area contributed by atoms with E-state index in [-0.39, 0.29) is 0 Å². The molecule has 0 bridgehead atoms. The van der Waals surface area contributed by atoms with Crippen LogP contribution in [-0.4, -0.2) is 12.6 Å². The van der Waals surface area contributed by atoms with Gasteiger partial charge >= 0.3 is 0 Å². The van der Waals surface area contributed by atoms with E-state index in [0.29, 0.717) is 11.5 Å². The Bertz CT molecular complexity index is 165. The lowest BCUT2D eigenvalue weighted by molar-refractivity contribution is 0.206. The molecule has 2 unspecified atom stereocenters. The lowest BCUT2D eigenvalue weighted by Crippen LogP contribution is -2.36. The van der Waals surface area contributed by atoms with Gasteiger partial charge in [-0.1, -0.05) is 60.8 Å². The maximum Gasteiger partial charge on any atom is 0.00106 e. The molecule has 0 aromatic rings. The first kappa shape index (κ1) is 16.0. The molecule has 0 fully saturated rings. The highest BCUT2D eigenvalue weighted by Crippen LogP contribution is 2.32. The number of rotatable bonds is 9. The van der Waals surface area contributed by atoms with Crippen molar-refractivity contribution in [3.8, 4) is 0 Å². The average molecular weight is 227 g/mol. The Labute approximate surface area is 103 Å². The molecule has 0 saturated heterocycles. The molecule has 98 valence electrons. The van der Waals surface area contributed by atoms with Crippen LogP contribution in [0.3, 0.4) is 0 Å². The van der Waals surface area contributed by atoms with Crippen LogP contribution in [0.15, 0.2) is 0 Å². The molecule has 0 spiro atoms. The predicted molar refractivity (Wildman–Crippen MR) is 74.8 cm³/mol. The highest BCUT2D eigenvalue weighted by atomic mass is 14.9. The fourth-order valence-corrected chi connectivity index (χ4v) is 2.75. The molecule has 1 nitrogen and oxygen atoms in total. The molecule has 0 aliphatic rings. The van der Waals surface area contributed by atoms with E-state index in [1.54, 1.807) is 0 Å². The molecule has 0 rings (SSSR count). The number of hydrogen-bond acceptors (Lipinski definition) is 1. The van der Waals surface area contributed by atoms with Crippen molar-refractivity contribution >= 4 is 0 Å². The minimum Gasteiger partial charge on any atom is -0.314 e. The summed E-state index contributed by atoms with van der Waals surface area (Å²) >= 11 is 0. The van der Waals surface area contributed by atoms with Gasteiger partial charge in [-0.15, -0.1) is 0 Å². The van der Waals surface area contributed by atoms with Gasteiger partial charge in [-0.2, -0.15) is 0 Å². The van der Waals surface area contributed by atoms with E-state index in [1.165, 1.54) is 38.6 Å². The molecular weight excluding hydrogens is 194 g/mol. The molecule has 0 aliphatic heterocycles. The Kier molecular flexibility index (Phi) is 8.09. The van der Waals surface area contributed by atoms with Gasteiger partial charge in [-0.05, 0) is 24.2 Å². The topological polar surface area (TPSA) is 12.0 Å². The summed E-state index contributed by atoms with van der Waals surface area (Å²) in [6.45, 7) is 15.1. The molecular formula is C15H33N. The van der Waals surface area contributed by atoms with Crippen LogP contribution in [0.2, 0.25) is 0 Å². The second-order valence-corrected chi connectivity index (χ2v) is 6.19. The smallest absolute Gasteiger partial charge is 0.00106 e. The van der Waals surface area contributed by atoms with Gasteiger partial charge in [-0.25, -0.2) is 0 Å². The van der Waals surface area contributed by atoms with Gasteiger partial charge in [0.1, 0.15) is 0 Å². The van der Waals surface area contributed by atoms with Crippen LogP contribution in [0.1, 0.15) is 73.6 Å². The van der Waals surface area contributed by atoms with E-state index in [9.17, 15) is 0 Å². The molecule has 1 heteroatoms. The molecule has 16 heavy (non-hydrogen) atoms. The summed E-state index contributed by atoms with van der Waals surface area (Å²) in [5.74, 6) is 0.871. The molecule has 1 N–H and O–H groups in total. The van der Waals surface area contributed by atoms with Crippen molar-refractivity contribution in [3.63, 3.8) is 0 Å². The zero-order valence-corrected chi connectivity index (χ0v) is 12.4. The van der Waals surface area contributed by atoms with Gasteiger partial charge < -0.3 is 5.32 Å². The fourth-order valence-electron chi connectivity index (χ4n) is 2.75. The van der Waals surface area contributed by atoms with Gasteiger partial charge in [0.25, 0.3) is 0 Å². The van der Waals surface area contributed by atoms with Crippen LogP contribution in [0.25, 0.3) is 0 Å². The minimum atomic E-state index is 0.494. The SMILES string of the molecule is CCCC(C)CC(C)(CCC)CNC(C)C. The number of nitrogens with one attached hydrogen (secondary N) is 1. The highest BCUT2D eigenvalue weighted by molar-refractivity contribution is 4.79. The normalized spacial score (nSPS) is 17.4. The summed E-state index contributed by atoms with van der Waals surface area (Å²) < 4.78 is 0. The molecule has 0 aromatic carbocycles. The maximum absolute atomic E-state index is 3.62. The van der Waals surface area contributed by atoms with Crippen LogP contribution >= 0.6 is 0 Å². The predicted octanol–water partition coefficient (Wildman–Crippen LogP) is 4.62. The lowest BCUT2D eigenvalue weighted by Gasteiger charge is -2.33. The van der Waals surface area contributed by atoms with E-state index in [2.05, 4.69) is 46.9 Å². The van der Waals surface area contributed by atoms with Crippen molar-refractivity contribution in [2.24, 2.45) is 11.3 Å². The van der Waals surface area contributed by atoms with Gasteiger partial charge in [0.15, 0.2) is 0 Å². The first-order chi connectivity index (χ1) is 7.43. The highest BCUT2D eigenvalue weighted by Gasteiger charge is 2.25. The zero-order chi connectivity index (χ0) is 12.6. The summed E-state index contributed by atoms with van der Waals surface area (Å²) in [7, 11) is 0. The molecule has 0 heterocycles. The van der Waals surface area contributed by atoms with Crippen molar-refractivity contribution in [1.29, 1.82) is 0 Å². The quantitative estimate of drug-likeness (QED) is 0.606.